The van der Waals surface area contributed by atoms with Gasteiger partial charge < -0.3 is 4.90 Å². The molecule has 1 saturated heterocycles. The largest absolute Gasteiger partial charge is 0.353 e. The Bertz CT molecular complexity index is 848. The lowest BCUT2D eigenvalue weighted by molar-refractivity contribution is 0.248. The van der Waals surface area contributed by atoms with Crippen molar-refractivity contribution in [3.63, 3.8) is 0 Å². The van der Waals surface area contributed by atoms with Gasteiger partial charge in [-0.1, -0.05) is 30.3 Å². The van der Waals surface area contributed by atoms with Crippen molar-refractivity contribution in [2.24, 2.45) is 0 Å². The van der Waals surface area contributed by atoms with Crippen LogP contribution in [0.3, 0.4) is 0 Å². The number of fused-ring (bicyclic) bond motifs is 1. The molecule has 122 valence electrons. The third-order valence-corrected chi connectivity index (χ3v) is 6.14. The average Bonchev–Trinajstić information content (AvgIpc) is 3.40. The summed E-state index contributed by atoms with van der Waals surface area (Å²) in [5, 5.41) is 1.20. The van der Waals surface area contributed by atoms with Crippen LogP contribution in [0.4, 0.5) is 5.82 Å². The van der Waals surface area contributed by atoms with Gasteiger partial charge in [-0.3, -0.25) is 4.90 Å². The molecule has 3 aromatic rings. The fourth-order valence-electron chi connectivity index (χ4n) is 3.58. The molecule has 5 rings (SSSR count). The molecule has 1 aliphatic carbocycles. The van der Waals surface area contributed by atoms with E-state index in [0.29, 0.717) is 0 Å². The van der Waals surface area contributed by atoms with Crippen LogP contribution in [0, 0.1) is 0 Å². The average molecular weight is 336 g/mol. The Morgan fingerprint density at radius 2 is 1.75 bits per heavy atom. The van der Waals surface area contributed by atoms with Crippen LogP contribution in [0.2, 0.25) is 0 Å². The maximum absolute atomic E-state index is 4.63. The van der Waals surface area contributed by atoms with Crippen molar-refractivity contribution in [3.05, 3.63) is 42.7 Å². The zero-order chi connectivity index (χ0) is 15.9. The zero-order valence-electron chi connectivity index (χ0n) is 13.6. The van der Waals surface area contributed by atoms with E-state index in [9.17, 15) is 0 Å². The van der Waals surface area contributed by atoms with E-state index in [1.807, 2.05) is 0 Å². The summed E-state index contributed by atoms with van der Waals surface area (Å²) in [5.74, 6) is 1.11. The van der Waals surface area contributed by atoms with Crippen LogP contribution in [-0.4, -0.2) is 47.1 Å². The number of rotatable bonds is 3. The van der Waals surface area contributed by atoms with Crippen molar-refractivity contribution in [1.29, 1.82) is 0 Å². The minimum atomic E-state index is 0.864. The fraction of sp³-hybridized carbons (Fsp3) is 0.368. The van der Waals surface area contributed by atoms with Gasteiger partial charge in [0.25, 0.3) is 0 Å². The summed E-state index contributed by atoms with van der Waals surface area (Å²) >= 11 is 1.76. The van der Waals surface area contributed by atoms with Crippen LogP contribution in [0.5, 0.6) is 0 Å². The van der Waals surface area contributed by atoms with Crippen LogP contribution >= 0.6 is 11.3 Å². The van der Waals surface area contributed by atoms with Gasteiger partial charge in [0.15, 0.2) is 0 Å². The third-order valence-electron chi connectivity index (χ3n) is 5.04. The van der Waals surface area contributed by atoms with E-state index in [1.54, 1.807) is 17.7 Å². The predicted octanol–water partition coefficient (Wildman–Crippen LogP) is 3.64. The van der Waals surface area contributed by atoms with Gasteiger partial charge in [0.05, 0.1) is 5.39 Å². The molecular formula is C19H20N4S. The molecule has 0 spiro atoms. The second-order valence-electron chi connectivity index (χ2n) is 6.65. The van der Waals surface area contributed by atoms with Crippen molar-refractivity contribution >= 4 is 27.4 Å². The van der Waals surface area contributed by atoms with Gasteiger partial charge in [-0.05, 0) is 24.5 Å². The third kappa shape index (κ3) is 2.58. The summed E-state index contributed by atoms with van der Waals surface area (Å²) in [4.78, 5) is 16.6. The highest BCUT2D eigenvalue weighted by atomic mass is 32.1. The summed E-state index contributed by atoms with van der Waals surface area (Å²) in [6.07, 6.45) is 4.50. The van der Waals surface area contributed by atoms with E-state index in [0.717, 1.165) is 42.9 Å². The summed E-state index contributed by atoms with van der Waals surface area (Å²) < 4.78 is 0. The number of nitrogens with zero attached hydrogens (tertiary/aromatic N) is 4. The van der Waals surface area contributed by atoms with Gasteiger partial charge in [0.2, 0.25) is 0 Å². The molecule has 0 atom stereocenters. The molecule has 0 N–H and O–H groups in total. The summed E-state index contributed by atoms with van der Waals surface area (Å²) in [5.41, 5.74) is 1.25. The molecule has 2 aromatic heterocycles. The quantitative estimate of drug-likeness (QED) is 0.731. The number of hydrogen-bond donors (Lipinski definition) is 0. The lowest BCUT2D eigenvalue weighted by atomic mass is 10.2. The molecule has 1 saturated carbocycles. The molecule has 0 radical (unpaired) electrons. The van der Waals surface area contributed by atoms with Crippen LogP contribution in [0.15, 0.2) is 42.7 Å². The van der Waals surface area contributed by atoms with Crippen LogP contribution in [-0.2, 0) is 0 Å². The number of hydrogen-bond acceptors (Lipinski definition) is 5. The monoisotopic (exact) mass is 336 g/mol. The van der Waals surface area contributed by atoms with Crippen molar-refractivity contribution in [1.82, 2.24) is 14.9 Å². The SMILES string of the molecule is c1ccc(-c2cc3c(N4CCN(C5CC5)CC4)ncnc3s2)cc1. The number of aromatic nitrogens is 2. The van der Waals surface area contributed by atoms with Crippen LogP contribution in [0.1, 0.15) is 12.8 Å². The Morgan fingerprint density at radius 3 is 2.50 bits per heavy atom. The van der Waals surface area contributed by atoms with Crippen LogP contribution in [0.25, 0.3) is 20.7 Å². The van der Waals surface area contributed by atoms with Gasteiger partial charge in [-0.2, -0.15) is 0 Å². The Hall–Kier alpha value is -1.98. The fourth-order valence-corrected chi connectivity index (χ4v) is 4.58. The van der Waals surface area contributed by atoms with Gasteiger partial charge in [0, 0.05) is 37.1 Å². The second-order valence-corrected chi connectivity index (χ2v) is 7.68. The van der Waals surface area contributed by atoms with Crippen molar-refractivity contribution in [2.45, 2.75) is 18.9 Å². The smallest absolute Gasteiger partial charge is 0.140 e. The Balaban J connectivity index is 1.47. The second kappa shape index (κ2) is 5.83. The molecule has 0 bridgehead atoms. The summed E-state index contributed by atoms with van der Waals surface area (Å²) in [7, 11) is 0. The molecule has 0 unspecified atom stereocenters. The molecule has 3 heterocycles. The summed E-state index contributed by atoms with van der Waals surface area (Å²) in [6, 6.07) is 13.7. The van der Waals surface area contributed by atoms with Crippen LogP contribution < -0.4 is 4.90 Å². The van der Waals surface area contributed by atoms with E-state index < -0.39 is 0 Å². The molecule has 4 nitrogen and oxygen atoms in total. The van der Waals surface area contributed by atoms with E-state index in [1.165, 1.54) is 28.7 Å². The molecule has 5 heteroatoms. The molecule has 1 aromatic carbocycles. The first-order valence-corrected chi connectivity index (χ1v) is 9.49. The van der Waals surface area contributed by atoms with Gasteiger partial charge in [-0.15, -0.1) is 11.3 Å². The minimum absolute atomic E-state index is 0.864. The standard InChI is InChI=1S/C19H20N4S/c1-2-4-14(5-3-1)17-12-16-18(20-13-21-19(16)24-17)23-10-8-22(9-11-23)15-6-7-15/h1-5,12-13,15H,6-11H2. The minimum Gasteiger partial charge on any atom is -0.353 e. The van der Waals surface area contributed by atoms with E-state index >= 15 is 0 Å². The van der Waals surface area contributed by atoms with E-state index in [4.69, 9.17) is 0 Å². The zero-order valence-corrected chi connectivity index (χ0v) is 14.4. The van der Waals surface area contributed by atoms with Crippen molar-refractivity contribution in [3.8, 4) is 10.4 Å². The Kier molecular flexibility index (Phi) is 3.49. The van der Waals surface area contributed by atoms with Crippen molar-refractivity contribution in [2.75, 3.05) is 31.1 Å². The number of benzene rings is 1. The Morgan fingerprint density at radius 1 is 0.958 bits per heavy atom. The lowest BCUT2D eigenvalue weighted by Crippen LogP contribution is -2.47. The maximum Gasteiger partial charge on any atom is 0.140 e. The maximum atomic E-state index is 4.63. The lowest BCUT2D eigenvalue weighted by Gasteiger charge is -2.35. The van der Waals surface area contributed by atoms with Crippen molar-refractivity contribution < 1.29 is 0 Å². The highest BCUT2D eigenvalue weighted by molar-refractivity contribution is 7.21. The topological polar surface area (TPSA) is 32.3 Å². The number of thiophene rings is 1. The first-order chi connectivity index (χ1) is 11.9. The molecule has 2 fully saturated rings. The predicted molar refractivity (Wildman–Crippen MR) is 99.7 cm³/mol. The molecular weight excluding hydrogens is 316 g/mol. The normalized spacial score (nSPS) is 19.1. The Labute approximate surface area is 145 Å². The molecule has 2 aliphatic rings. The number of piperazine rings is 1. The van der Waals surface area contributed by atoms with Gasteiger partial charge in [0.1, 0.15) is 17.0 Å². The molecule has 0 amide bonds. The van der Waals surface area contributed by atoms with Gasteiger partial charge >= 0.3 is 0 Å². The molecule has 24 heavy (non-hydrogen) atoms. The molecule has 1 aliphatic heterocycles. The van der Waals surface area contributed by atoms with E-state index in [-0.39, 0.29) is 0 Å². The van der Waals surface area contributed by atoms with Gasteiger partial charge in [-0.25, -0.2) is 9.97 Å². The first kappa shape index (κ1) is 14.4. The first-order valence-electron chi connectivity index (χ1n) is 8.67. The number of anilines is 1. The highest BCUT2D eigenvalue weighted by Crippen LogP contribution is 2.36. The highest BCUT2D eigenvalue weighted by Gasteiger charge is 2.31. The van der Waals surface area contributed by atoms with E-state index in [2.05, 4.69) is 56.2 Å². The summed E-state index contributed by atoms with van der Waals surface area (Å²) in [6.45, 7) is 4.45.